The smallest absolute Gasteiger partial charge is 0.223 e. The van der Waals surface area contributed by atoms with Crippen LogP contribution in [0.25, 0.3) is 22.0 Å². The SMILES string of the molecule is CC(C)Cn1cc(-c2cnc(N)c3cnc(N[C@H]4CCCC[C@H]4N)nc23)cn1. The maximum atomic E-state index is 6.27. The molecular weight excluding hydrogens is 352 g/mol. The zero-order chi connectivity index (χ0) is 19.7. The van der Waals surface area contributed by atoms with Crippen molar-refractivity contribution in [3.8, 4) is 11.1 Å². The van der Waals surface area contributed by atoms with Gasteiger partial charge in [-0.05, 0) is 18.8 Å². The summed E-state index contributed by atoms with van der Waals surface area (Å²) in [6.07, 6.45) is 11.8. The summed E-state index contributed by atoms with van der Waals surface area (Å²) in [5.74, 6) is 1.53. The molecule has 8 heteroatoms. The van der Waals surface area contributed by atoms with E-state index < -0.39 is 0 Å². The number of fused-ring (bicyclic) bond motifs is 1. The zero-order valence-corrected chi connectivity index (χ0v) is 16.5. The highest BCUT2D eigenvalue weighted by Crippen LogP contribution is 2.30. The van der Waals surface area contributed by atoms with Gasteiger partial charge >= 0.3 is 0 Å². The summed E-state index contributed by atoms with van der Waals surface area (Å²) >= 11 is 0. The van der Waals surface area contributed by atoms with Crippen LogP contribution in [0.4, 0.5) is 11.8 Å². The lowest BCUT2D eigenvalue weighted by Gasteiger charge is -2.29. The van der Waals surface area contributed by atoms with Gasteiger partial charge in [0, 0.05) is 48.3 Å². The predicted octanol–water partition coefficient (Wildman–Crippen LogP) is 2.81. The third-order valence-electron chi connectivity index (χ3n) is 5.28. The first-order valence-electron chi connectivity index (χ1n) is 9.97. The number of nitrogen functional groups attached to an aromatic ring is 1. The van der Waals surface area contributed by atoms with Crippen molar-refractivity contribution < 1.29 is 0 Å². The molecule has 148 valence electrons. The van der Waals surface area contributed by atoms with Gasteiger partial charge in [-0.2, -0.15) is 5.10 Å². The molecule has 0 saturated heterocycles. The first-order chi connectivity index (χ1) is 13.5. The molecule has 1 saturated carbocycles. The Bertz CT molecular complexity index is 964. The van der Waals surface area contributed by atoms with E-state index in [4.69, 9.17) is 16.5 Å². The van der Waals surface area contributed by atoms with E-state index in [0.717, 1.165) is 41.4 Å². The van der Waals surface area contributed by atoms with Gasteiger partial charge in [-0.3, -0.25) is 4.68 Å². The fraction of sp³-hybridized carbons (Fsp3) is 0.500. The molecule has 4 rings (SSSR count). The molecule has 8 nitrogen and oxygen atoms in total. The molecule has 3 aromatic heterocycles. The van der Waals surface area contributed by atoms with E-state index in [2.05, 4.69) is 34.2 Å². The minimum Gasteiger partial charge on any atom is -0.383 e. The monoisotopic (exact) mass is 380 g/mol. The summed E-state index contributed by atoms with van der Waals surface area (Å²) in [5, 5.41) is 8.64. The van der Waals surface area contributed by atoms with Gasteiger partial charge in [0.05, 0.1) is 17.1 Å². The quantitative estimate of drug-likeness (QED) is 0.622. The van der Waals surface area contributed by atoms with Crippen molar-refractivity contribution in [1.29, 1.82) is 0 Å². The van der Waals surface area contributed by atoms with Crippen molar-refractivity contribution in [2.75, 3.05) is 11.1 Å². The lowest BCUT2D eigenvalue weighted by atomic mass is 9.91. The Morgan fingerprint density at radius 3 is 2.79 bits per heavy atom. The molecule has 1 aliphatic carbocycles. The number of nitrogens with two attached hydrogens (primary N) is 2. The van der Waals surface area contributed by atoms with Crippen LogP contribution in [-0.4, -0.2) is 36.8 Å². The van der Waals surface area contributed by atoms with Crippen LogP contribution in [0.1, 0.15) is 39.5 Å². The fourth-order valence-corrected chi connectivity index (χ4v) is 3.80. The van der Waals surface area contributed by atoms with Gasteiger partial charge in [0.2, 0.25) is 5.95 Å². The largest absolute Gasteiger partial charge is 0.383 e. The van der Waals surface area contributed by atoms with Crippen LogP contribution >= 0.6 is 0 Å². The van der Waals surface area contributed by atoms with E-state index in [1.54, 1.807) is 12.4 Å². The van der Waals surface area contributed by atoms with E-state index in [0.29, 0.717) is 17.7 Å². The molecule has 28 heavy (non-hydrogen) atoms. The first-order valence-corrected chi connectivity index (χ1v) is 9.97. The van der Waals surface area contributed by atoms with Crippen LogP contribution in [0, 0.1) is 5.92 Å². The predicted molar refractivity (Wildman–Crippen MR) is 112 cm³/mol. The molecule has 1 aliphatic rings. The highest BCUT2D eigenvalue weighted by Gasteiger charge is 2.22. The van der Waals surface area contributed by atoms with Gasteiger partial charge in [-0.1, -0.05) is 26.7 Å². The van der Waals surface area contributed by atoms with Crippen LogP contribution < -0.4 is 16.8 Å². The molecule has 0 unspecified atom stereocenters. The molecule has 3 heterocycles. The minimum atomic E-state index is 0.129. The van der Waals surface area contributed by atoms with E-state index in [-0.39, 0.29) is 12.1 Å². The van der Waals surface area contributed by atoms with Crippen molar-refractivity contribution in [3.05, 3.63) is 24.8 Å². The van der Waals surface area contributed by atoms with Crippen LogP contribution in [0.15, 0.2) is 24.8 Å². The lowest BCUT2D eigenvalue weighted by Crippen LogP contribution is -2.42. The summed E-state index contributed by atoms with van der Waals surface area (Å²) in [4.78, 5) is 13.6. The van der Waals surface area contributed by atoms with Gasteiger partial charge < -0.3 is 16.8 Å². The number of pyridine rings is 1. The molecule has 1 fully saturated rings. The molecule has 0 amide bonds. The number of nitrogens with one attached hydrogen (secondary N) is 1. The van der Waals surface area contributed by atoms with Crippen LogP contribution in [-0.2, 0) is 6.54 Å². The number of hydrogen-bond donors (Lipinski definition) is 3. The van der Waals surface area contributed by atoms with Crippen LogP contribution in [0.3, 0.4) is 0 Å². The van der Waals surface area contributed by atoms with Crippen molar-refractivity contribution in [2.24, 2.45) is 11.7 Å². The number of anilines is 2. The minimum absolute atomic E-state index is 0.129. The first kappa shape index (κ1) is 18.6. The van der Waals surface area contributed by atoms with Gasteiger partial charge in [0.15, 0.2) is 0 Å². The maximum absolute atomic E-state index is 6.27. The summed E-state index contributed by atoms with van der Waals surface area (Å²) < 4.78 is 1.95. The number of hydrogen-bond acceptors (Lipinski definition) is 7. The molecule has 0 bridgehead atoms. The summed E-state index contributed by atoms with van der Waals surface area (Å²) in [5.41, 5.74) is 15.0. The molecule has 0 aromatic carbocycles. The standard InChI is InChI=1S/C20H28N8/c1-12(2)10-28-11-13(7-25-28)14-8-23-19(22)15-9-24-20(27-18(14)15)26-17-6-4-3-5-16(17)21/h7-9,11-12,16-17H,3-6,10,21H2,1-2H3,(H2,22,23)(H,24,26,27)/t16-,17+/m1/s1. The number of aromatic nitrogens is 5. The van der Waals surface area contributed by atoms with Crippen LogP contribution in [0.2, 0.25) is 0 Å². The van der Waals surface area contributed by atoms with Gasteiger partial charge in [0.1, 0.15) is 5.82 Å². The molecule has 0 spiro atoms. The van der Waals surface area contributed by atoms with Gasteiger partial charge in [-0.25, -0.2) is 15.0 Å². The fourth-order valence-electron chi connectivity index (χ4n) is 3.80. The average Bonchev–Trinajstić information content (AvgIpc) is 3.11. The second-order valence-electron chi connectivity index (χ2n) is 8.06. The molecule has 2 atom stereocenters. The Labute approximate surface area is 164 Å². The van der Waals surface area contributed by atoms with E-state index >= 15 is 0 Å². The summed E-state index contributed by atoms with van der Waals surface area (Å²) in [6, 6.07) is 0.326. The highest BCUT2D eigenvalue weighted by molar-refractivity contribution is 5.98. The third-order valence-corrected chi connectivity index (χ3v) is 5.28. The Morgan fingerprint density at radius 2 is 2.00 bits per heavy atom. The van der Waals surface area contributed by atoms with Crippen molar-refractivity contribution >= 4 is 22.7 Å². The molecular formula is C20H28N8. The van der Waals surface area contributed by atoms with Crippen molar-refractivity contribution in [2.45, 2.75) is 58.2 Å². The highest BCUT2D eigenvalue weighted by atomic mass is 15.3. The van der Waals surface area contributed by atoms with E-state index in [9.17, 15) is 0 Å². The van der Waals surface area contributed by atoms with Crippen molar-refractivity contribution in [1.82, 2.24) is 24.7 Å². The second kappa shape index (κ2) is 7.71. The number of nitrogens with zero attached hydrogens (tertiary/aromatic N) is 5. The second-order valence-corrected chi connectivity index (χ2v) is 8.06. The van der Waals surface area contributed by atoms with Gasteiger partial charge in [-0.15, -0.1) is 0 Å². The average molecular weight is 381 g/mol. The normalized spacial score (nSPS) is 20.0. The van der Waals surface area contributed by atoms with E-state index in [1.807, 2.05) is 17.1 Å². The maximum Gasteiger partial charge on any atom is 0.223 e. The summed E-state index contributed by atoms with van der Waals surface area (Å²) in [7, 11) is 0. The molecule has 0 aliphatic heterocycles. The summed E-state index contributed by atoms with van der Waals surface area (Å²) in [6.45, 7) is 5.20. The Balaban J connectivity index is 1.70. The lowest BCUT2D eigenvalue weighted by molar-refractivity contribution is 0.402. The Morgan fingerprint density at radius 1 is 1.18 bits per heavy atom. The molecule has 3 aromatic rings. The Kier molecular flexibility index (Phi) is 5.13. The van der Waals surface area contributed by atoms with E-state index in [1.165, 1.54) is 12.8 Å². The zero-order valence-electron chi connectivity index (χ0n) is 16.5. The van der Waals surface area contributed by atoms with Crippen LogP contribution in [0.5, 0.6) is 0 Å². The Hall–Kier alpha value is -2.74. The topological polar surface area (TPSA) is 121 Å². The molecule has 5 N–H and O–H groups in total. The molecule has 0 radical (unpaired) electrons. The van der Waals surface area contributed by atoms with Crippen molar-refractivity contribution in [3.63, 3.8) is 0 Å². The van der Waals surface area contributed by atoms with Gasteiger partial charge in [0.25, 0.3) is 0 Å². The number of rotatable bonds is 5. The third kappa shape index (κ3) is 3.77.